The highest BCUT2D eigenvalue weighted by Gasteiger charge is 2.23. The van der Waals surface area contributed by atoms with Gasteiger partial charge in [-0.2, -0.15) is 5.26 Å². The summed E-state index contributed by atoms with van der Waals surface area (Å²) in [4.78, 5) is 15.3. The summed E-state index contributed by atoms with van der Waals surface area (Å²) in [6.07, 6.45) is 4.43. The zero-order valence-corrected chi connectivity index (χ0v) is 16.7. The number of nitrogens with one attached hydrogen (secondary N) is 2. The quantitative estimate of drug-likeness (QED) is 0.437. The SMILES string of the molecule is N#CCCNC(=O)CSc1nnc(-c2c[nH]c3ccccc23)n1C[C@@H]1CCCO1. The van der Waals surface area contributed by atoms with Crippen LogP contribution in [0.2, 0.25) is 0 Å². The van der Waals surface area contributed by atoms with Crippen LogP contribution in [-0.4, -0.2) is 50.7 Å². The molecule has 0 aliphatic carbocycles. The van der Waals surface area contributed by atoms with Crippen LogP contribution in [0.4, 0.5) is 0 Å². The van der Waals surface area contributed by atoms with Gasteiger partial charge in [-0.15, -0.1) is 10.2 Å². The molecule has 1 atom stereocenters. The first-order valence-corrected chi connectivity index (χ1v) is 10.6. The first-order chi connectivity index (χ1) is 14.3. The third-order valence-electron chi connectivity index (χ3n) is 4.85. The van der Waals surface area contributed by atoms with E-state index in [0.29, 0.717) is 24.7 Å². The van der Waals surface area contributed by atoms with Crippen molar-refractivity contribution in [2.75, 3.05) is 18.9 Å². The summed E-state index contributed by atoms with van der Waals surface area (Å²) in [7, 11) is 0. The number of carbonyl (C=O) groups is 1. The molecule has 29 heavy (non-hydrogen) atoms. The lowest BCUT2D eigenvalue weighted by atomic mass is 10.1. The summed E-state index contributed by atoms with van der Waals surface area (Å²) >= 11 is 1.35. The van der Waals surface area contributed by atoms with Crippen LogP contribution in [0.5, 0.6) is 0 Å². The summed E-state index contributed by atoms with van der Waals surface area (Å²) in [5, 5.41) is 21.9. The average molecular weight is 411 g/mol. The highest BCUT2D eigenvalue weighted by atomic mass is 32.2. The molecular formula is C20H22N6O2S. The third-order valence-corrected chi connectivity index (χ3v) is 5.82. The summed E-state index contributed by atoms with van der Waals surface area (Å²) < 4.78 is 7.88. The smallest absolute Gasteiger partial charge is 0.230 e. The van der Waals surface area contributed by atoms with Crippen molar-refractivity contribution in [2.24, 2.45) is 0 Å². The van der Waals surface area contributed by atoms with E-state index in [2.05, 4.69) is 31.1 Å². The molecule has 0 radical (unpaired) electrons. The Bertz CT molecular complexity index is 1030. The van der Waals surface area contributed by atoms with Crippen molar-refractivity contribution in [3.63, 3.8) is 0 Å². The van der Waals surface area contributed by atoms with E-state index in [0.717, 1.165) is 41.7 Å². The number of nitrogens with zero attached hydrogens (tertiary/aromatic N) is 4. The molecule has 150 valence electrons. The topological polar surface area (TPSA) is 109 Å². The van der Waals surface area contributed by atoms with Gasteiger partial charge in [0.25, 0.3) is 0 Å². The maximum atomic E-state index is 12.0. The lowest BCUT2D eigenvalue weighted by Crippen LogP contribution is -2.26. The lowest BCUT2D eigenvalue weighted by molar-refractivity contribution is -0.118. The largest absolute Gasteiger partial charge is 0.376 e. The van der Waals surface area contributed by atoms with Gasteiger partial charge in [-0.1, -0.05) is 30.0 Å². The Kier molecular flexibility index (Phi) is 6.12. The second kappa shape index (κ2) is 9.11. The Morgan fingerprint density at radius 2 is 2.31 bits per heavy atom. The second-order valence-corrected chi connectivity index (χ2v) is 7.79. The predicted octanol–water partition coefficient (Wildman–Crippen LogP) is 2.73. The maximum Gasteiger partial charge on any atom is 0.230 e. The monoisotopic (exact) mass is 410 g/mol. The molecule has 4 rings (SSSR count). The number of carbonyl (C=O) groups excluding carboxylic acids is 1. The molecule has 1 amide bonds. The molecule has 0 unspecified atom stereocenters. The number of aromatic nitrogens is 4. The minimum atomic E-state index is -0.120. The molecule has 3 heterocycles. The van der Waals surface area contributed by atoms with Crippen LogP contribution in [0.1, 0.15) is 19.3 Å². The number of ether oxygens (including phenoxy) is 1. The molecule has 0 saturated carbocycles. The number of para-hydroxylation sites is 1. The zero-order chi connectivity index (χ0) is 20.1. The molecule has 1 fully saturated rings. The van der Waals surface area contributed by atoms with E-state index in [1.165, 1.54) is 11.8 Å². The van der Waals surface area contributed by atoms with Gasteiger partial charge in [0.05, 0.1) is 30.9 Å². The van der Waals surface area contributed by atoms with Gasteiger partial charge in [-0.3, -0.25) is 9.36 Å². The Hall–Kier alpha value is -2.83. The predicted molar refractivity (Wildman–Crippen MR) is 110 cm³/mol. The van der Waals surface area contributed by atoms with Crippen molar-refractivity contribution in [2.45, 2.75) is 37.1 Å². The Morgan fingerprint density at radius 1 is 1.41 bits per heavy atom. The number of fused-ring (bicyclic) bond motifs is 1. The molecule has 1 aliphatic rings. The Balaban J connectivity index is 1.58. The van der Waals surface area contributed by atoms with Gasteiger partial charge in [-0.25, -0.2) is 0 Å². The van der Waals surface area contributed by atoms with Crippen molar-refractivity contribution < 1.29 is 9.53 Å². The molecule has 3 aromatic rings. The lowest BCUT2D eigenvalue weighted by Gasteiger charge is -2.14. The molecule has 8 nitrogen and oxygen atoms in total. The first-order valence-electron chi connectivity index (χ1n) is 9.64. The van der Waals surface area contributed by atoms with Crippen LogP contribution in [0.3, 0.4) is 0 Å². The van der Waals surface area contributed by atoms with Gasteiger partial charge in [0, 0.05) is 35.8 Å². The number of thioether (sulfide) groups is 1. The number of aromatic amines is 1. The van der Waals surface area contributed by atoms with Crippen LogP contribution >= 0.6 is 11.8 Å². The molecule has 1 aliphatic heterocycles. The maximum absolute atomic E-state index is 12.0. The number of H-pyrrole nitrogens is 1. The summed E-state index contributed by atoms with van der Waals surface area (Å²) in [5.41, 5.74) is 2.02. The van der Waals surface area contributed by atoms with Crippen molar-refractivity contribution >= 4 is 28.6 Å². The summed E-state index contributed by atoms with van der Waals surface area (Å²) in [6.45, 7) is 1.79. The van der Waals surface area contributed by atoms with Crippen molar-refractivity contribution in [3.8, 4) is 17.5 Å². The van der Waals surface area contributed by atoms with Gasteiger partial charge in [0.15, 0.2) is 11.0 Å². The van der Waals surface area contributed by atoms with E-state index in [-0.39, 0.29) is 17.8 Å². The van der Waals surface area contributed by atoms with Crippen molar-refractivity contribution in [1.29, 1.82) is 5.26 Å². The number of hydrogen-bond acceptors (Lipinski definition) is 6. The molecule has 0 bridgehead atoms. The van der Waals surface area contributed by atoms with Gasteiger partial charge in [0.2, 0.25) is 5.91 Å². The van der Waals surface area contributed by atoms with E-state index in [1.54, 1.807) is 0 Å². The fraction of sp³-hybridized carbons (Fsp3) is 0.400. The fourth-order valence-corrected chi connectivity index (χ4v) is 4.22. The van der Waals surface area contributed by atoms with E-state index >= 15 is 0 Å². The standard InChI is InChI=1S/C20H22N6O2S/c21-8-4-9-22-18(27)13-29-20-25-24-19(26(20)12-14-5-3-10-28-14)16-11-23-17-7-2-1-6-15(16)17/h1-2,6-7,11,14,23H,3-5,9-10,12-13H2,(H,22,27)/t14-/m0/s1. The first kappa shape index (κ1) is 19.5. The van der Waals surface area contributed by atoms with Crippen LogP contribution in [0, 0.1) is 11.3 Å². The van der Waals surface area contributed by atoms with Gasteiger partial charge < -0.3 is 15.0 Å². The normalized spacial score (nSPS) is 16.2. The third kappa shape index (κ3) is 4.44. The summed E-state index contributed by atoms with van der Waals surface area (Å²) in [5.74, 6) is 0.874. The minimum absolute atomic E-state index is 0.120. The van der Waals surface area contributed by atoms with Crippen molar-refractivity contribution in [3.05, 3.63) is 30.5 Å². The van der Waals surface area contributed by atoms with Crippen molar-refractivity contribution in [1.82, 2.24) is 25.1 Å². The number of nitriles is 1. The number of rotatable bonds is 8. The van der Waals surface area contributed by atoms with Gasteiger partial charge in [0.1, 0.15) is 0 Å². The van der Waals surface area contributed by atoms with Gasteiger partial charge >= 0.3 is 0 Å². The molecule has 0 spiro atoms. The van der Waals surface area contributed by atoms with E-state index < -0.39 is 0 Å². The van der Waals surface area contributed by atoms with Crippen LogP contribution in [-0.2, 0) is 16.1 Å². The Morgan fingerprint density at radius 3 is 3.14 bits per heavy atom. The highest BCUT2D eigenvalue weighted by Crippen LogP contribution is 2.31. The molecule has 2 N–H and O–H groups in total. The molecular weight excluding hydrogens is 388 g/mol. The number of amides is 1. The minimum Gasteiger partial charge on any atom is -0.376 e. The van der Waals surface area contributed by atoms with E-state index in [9.17, 15) is 4.79 Å². The highest BCUT2D eigenvalue weighted by molar-refractivity contribution is 7.99. The van der Waals surface area contributed by atoms with Crippen LogP contribution in [0.25, 0.3) is 22.3 Å². The average Bonchev–Trinajstić information content (AvgIpc) is 3.47. The Labute approximate surface area is 172 Å². The molecule has 1 aromatic carbocycles. The van der Waals surface area contributed by atoms with E-state index in [4.69, 9.17) is 10.00 Å². The summed E-state index contributed by atoms with van der Waals surface area (Å²) in [6, 6.07) is 10.1. The number of benzene rings is 1. The van der Waals surface area contributed by atoms with E-state index in [1.807, 2.05) is 30.5 Å². The molecule has 1 saturated heterocycles. The molecule has 9 heteroatoms. The zero-order valence-electron chi connectivity index (χ0n) is 15.9. The number of hydrogen-bond donors (Lipinski definition) is 2. The van der Waals surface area contributed by atoms with Crippen LogP contribution in [0.15, 0.2) is 35.6 Å². The second-order valence-electron chi connectivity index (χ2n) is 6.85. The fourth-order valence-electron chi connectivity index (χ4n) is 3.45. The van der Waals surface area contributed by atoms with Gasteiger partial charge in [-0.05, 0) is 18.9 Å². The van der Waals surface area contributed by atoms with Crippen LogP contribution < -0.4 is 5.32 Å². The molecule has 2 aromatic heterocycles.